The van der Waals surface area contributed by atoms with Crippen LogP contribution in [0.3, 0.4) is 0 Å². The van der Waals surface area contributed by atoms with Crippen LogP contribution in [0.1, 0.15) is 37.3 Å². The molecule has 0 N–H and O–H groups in total. The van der Waals surface area contributed by atoms with Crippen molar-refractivity contribution in [3.63, 3.8) is 0 Å². The van der Waals surface area contributed by atoms with E-state index >= 15 is 0 Å². The number of nitrogens with zero attached hydrogens (tertiary/aromatic N) is 2. The van der Waals surface area contributed by atoms with Crippen LogP contribution in [0.5, 0.6) is 11.5 Å². The van der Waals surface area contributed by atoms with Crippen molar-refractivity contribution in [1.82, 2.24) is 4.90 Å². The van der Waals surface area contributed by atoms with Crippen LogP contribution in [-0.4, -0.2) is 31.2 Å². The molecule has 1 aromatic rings. The average molecular weight is 272 g/mol. The van der Waals surface area contributed by atoms with Crippen molar-refractivity contribution in [3.8, 4) is 17.6 Å². The van der Waals surface area contributed by atoms with E-state index in [1.807, 2.05) is 6.07 Å². The molecule has 1 atom stereocenters. The Kier molecular flexibility index (Phi) is 4.08. The Hall–Kier alpha value is -1.73. The van der Waals surface area contributed by atoms with Gasteiger partial charge in [-0.2, -0.15) is 5.26 Å². The van der Waals surface area contributed by atoms with Crippen molar-refractivity contribution in [2.24, 2.45) is 0 Å². The molecule has 4 heteroatoms. The van der Waals surface area contributed by atoms with Gasteiger partial charge in [-0.05, 0) is 50.0 Å². The van der Waals surface area contributed by atoms with Crippen LogP contribution in [0, 0.1) is 11.3 Å². The predicted octanol–water partition coefficient (Wildman–Crippen LogP) is 2.90. The van der Waals surface area contributed by atoms with E-state index in [0.29, 0.717) is 25.7 Å². The minimum absolute atomic E-state index is 0.463. The first-order valence-corrected chi connectivity index (χ1v) is 7.39. The zero-order valence-electron chi connectivity index (χ0n) is 11.7. The number of benzene rings is 1. The highest BCUT2D eigenvalue weighted by Gasteiger charge is 2.26. The van der Waals surface area contributed by atoms with Gasteiger partial charge in [0.15, 0.2) is 11.5 Å². The van der Waals surface area contributed by atoms with Crippen molar-refractivity contribution >= 4 is 0 Å². The van der Waals surface area contributed by atoms with Crippen LogP contribution in [0.25, 0.3) is 0 Å². The maximum atomic E-state index is 8.66. The molecular weight excluding hydrogens is 252 g/mol. The molecule has 1 aromatic carbocycles. The summed E-state index contributed by atoms with van der Waals surface area (Å²) in [6.07, 6.45) is 4.01. The van der Waals surface area contributed by atoms with E-state index in [1.165, 1.54) is 18.4 Å². The Labute approximate surface area is 119 Å². The van der Waals surface area contributed by atoms with Crippen LogP contribution in [-0.2, 0) is 0 Å². The van der Waals surface area contributed by atoms with E-state index in [-0.39, 0.29) is 0 Å². The fourth-order valence-electron chi connectivity index (χ4n) is 3.10. The molecule has 0 aliphatic carbocycles. The summed E-state index contributed by atoms with van der Waals surface area (Å²) in [6.45, 7) is 3.40. The number of unbranched alkanes of at least 4 members (excludes halogenated alkanes) is 1. The molecule has 2 heterocycles. The molecule has 3 rings (SSSR count). The molecule has 4 nitrogen and oxygen atoms in total. The van der Waals surface area contributed by atoms with E-state index in [0.717, 1.165) is 31.0 Å². The third kappa shape index (κ3) is 2.73. The van der Waals surface area contributed by atoms with Gasteiger partial charge < -0.3 is 9.47 Å². The number of rotatable bonds is 4. The van der Waals surface area contributed by atoms with Gasteiger partial charge in [-0.15, -0.1) is 0 Å². The Morgan fingerprint density at radius 1 is 1.25 bits per heavy atom. The van der Waals surface area contributed by atoms with Crippen molar-refractivity contribution < 1.29 is 9.47 Å². The van der Waals surface area contributed by atoms with Crippen molar-refractivity contribution in [2.45, 2.75) is 31.7 Å². The standard InChI is InChI=1S/C16H20N2O2/c17-7-1-2-8-18-9-3-4-14(18)13-5-6-15-16(12-13)20-11-10-19-15/h5-6,12,14H,1-4,8-11H2/t14-/m0/s1. The molecule has 2 aliphatic rings. The SMILES string of the molecule is N#CCCCN1CCC[C@H]1c1ccc2c(c1)OCCO2. The summed E-state index contributed by atoms with van der Waals surface area (Å²) in [4.78, 5) is 2.49. The highest BCUT2D eigenvalue weighted by Crippen LogP contribution is 2.38. The number of likely N-dealkylation sites (tertiary alicyclic amines) is 1. The molecule has 0 spiro atoms. The number of hydrogen-bond acceptors (Lipinski definition) is 4. The third-order valence-electron chi connectivity index (χ3n) is 4.05. The van der Waals surface area contributed by atoms with Gasteiger partial charge >= 0.3 is 0 Å². The van der Waals surface area contributed by atoms with Gasteiger partial charge in [-0.25, -0.2) is 0 Å². The van der Waals surface area contributed by atoms with E-state index in [1.54, 1.807) is 0 Å². The fraction of sp³-hybridized carbons (Fsp3) is 0.562. The third-order valence-corrected chi connectivity index (χ3v) is 4.05. The number of hydrogen-bond donors (Lipinski definition) is 0. The topological polar surface area (TPSA) is 45.5 Å². The lowest BCUT2D eigenvalue weighted by Crippen LogP contribution is -2.24. The lowest BCUT2D eigenvalue weighted by atomic mass is 10.0. The molecule has 0 radical (unpaired) electrons. The van der Waals surface area contributed by atoms with Gasteiger partial charge in [0.1, 0.15) is 13.2 Å². The second kappa shape index (κ2) is 6.15. The van der Waals surface area contributed by atoms with Crippen molar-refractivity contribution in [1.29, 1.82) is 5.26 Å². The van der Waals surface area contributed by atoms with E-state index < -0.39 is 0 Å². The quantitative estimate of drug-likeness (QED) is 0.791. The zero-order chi connectivity index (χ0) is 13.8. The fourth-order valence-corrected chi connectivity index (χ4v) is 3.10. The summed E-state index contributed by atoms with van der Waals surface area (Å²) in [7, 11) is 0. The normalized spacial score (nSPS) is 21.6. The zero-order valence-corrected chi connectivity index (χ0v) is 11.7. The van der Waals surface area contributed by atoms with E-state index in [4.69, 9.17) is 14.7 Å². The van der Waals surface area contributed by atoms with Crippen molar-refractivity contribution in [3.05, 3.63) is 23.8 Å². The molecular formula is C16H20N2O2. The van der Waals surface area contributed by atoms with E-state index in [9.17, 15) is 0 Å². The maximum absolute atomic E-state index is 8.66. The van der Waals surface area contributed by atoms with Crippen LogP contribution in [0.15, 0.2) is 18.2 Å². The second-order valence-corrected chi connectivity index (χ2v) is 5.36. The first kappa shape index (κ1) is 13.3. The molecule has 0 amide bonds. The summed E-state index contributed by atoms with van der Waals surface area (Å²) < 4.78 is 11.2. The monoisotopic (exact) mass is 272 g/mol. The maximum Gasteiger partial charge on any atom is 0.161 e. The molecule has 1 fully saturated rings. The molecule has 20 heavy (non-hydrogen) atoms. The van der Waals surface area contributed by atoms with Gasteiger partial charge in [0, 0.05) is 12.5 Å². The Morgan fingerprint density at radius 2 is 2.10 bits per heavy atom. The van der Waals surface area contributed by atoms with Gasteiger partial charge in [0.2, 0.25) is 0 Å². The molecule has 106 valence electrons. The summed E-state index contributed by atoms with van der Waals surface area (Å²) in [5.74, 6) is 1.73. The van der Waals surface area contributed by atoms with E-state index in [2.05, 4.69) is 23.1 Å². The summed E-state index contributed by atoms with van der Waals surface area (Å²) in [5, 5.41) is 8.66. The minimum Gasteiger partial charge on any atom is -0.486 e. The predicted molar refractivity (Wildman–Crippen MR) is 75.8 cm³/mol. The molecule has 0 aromatic heterocycles. The average Bonchev–Trinajstić information content (AvgIpc) is 2.95. The van der Waals surface area contributed by atoms with Crippen LogP contribution >= 0.6 is 0 Å². The number of fused-ring (bicyclic) bond motifs is 1. The van der Waals surface area contributed by atoms with Gasteiger partial charge in [-0.3, -0.25) is 4.90 Å². The number of ether oxygens (including phenoxy) is 2. The molecule has 2 aliphatic heterocycles. The van der Waals surface area contributed by atoms with Gasteiger partial charge in [0.05, 0.1) is 6.07 Å². The lowest BCUT2D eigenvalue weighted by Gasteiger charge is -2.26. The van der Waals surface area contributed by atoms with Crippen molar-refractivity contribution in [2.75, 3.05) is 26.3 Å². The Bertz CT molecular complexity index is 510. The summed E-state index contributed by atoms with van der Waals surface area (Å²) in [6, 6.07) is 8.99. The Balaban J connectivity index is 1.72. The molecule has 0 saturated carbocycles. The highest BCUT2D eigenvalue weighted by molar-refractivity contribution is 5.44. The highest BCUT2D eigenvalue weighted by atomic mass is 16.6. The molecule has 1 saturated heterocycles. The second-order valence-electron chi connectivity index (χ2n) is 5.36. The first-order valence-electron chi connectivity index (χ1n) is 7.39. The number of nitriles is 1. The first-order chi connectivity index (χ1) is 9.88. The molecule has 0 bridgehead atoms. The molecule has 0 unspecified atom stereocenters. The summed E-state index contributed by atoms with van der Waals surface area (Å²) >= 11 is 0. The lowest BCUT2D eigenvalue weighted by molar-refractivity contribution is 0.170. The van der Waals surface area contributed by atoms with Crippen LogP contribution in [0.2, 0.25) is 0 Å². The largest absolute Gasteiger partial charge is 0.486 e. The van der Waals surface area contributed by atoms with Crippen LogP contribution < -0.4 is 9.47 Å². The van der Waals surface area contributed by atoms with Gasteiger partial charge in [-0.1, -0.05) is 6.07 Å². The smallest absolute Gasteiger partial charge is 0.161 e. The van der Waals surface area contributed by atoms with Gasteiger partial charge in [0.25, 0.3) is 0 Å². The van der Waals surface area contributed by atoms with Crippen LogP contribution in [0.4, 0.5) is 0 Å². The summed E-state index contributed by atoms with van der Waals surface area (Å²) in [5.41, 5.74) is 1.31. The minimum atomic E-state index is 0.463. The Morgan fingerprint density at radius 3 is 2.95 bits per heavy atom.